The molecule has 3 aromatic rings. The smallest absolute Gasteiger partial charge is 0.338 e. The van der Waals surface area contributed by atoms with Crippen LogP contribution in [0.2, 0.25) is 0 Å². The Morgan fingerprint density at radius 3 is 2.63 bits per heavy atom. The predicted octanol–water partition coefficient (Wildman–Crippen LogP) is 5.50. The number of rotatable bonds is 12. The van der Waals surface area contributed by atoms with E-state index in [-0.39, 0.29) is 17.8 Å². The van der Waals surface area contributed by atoms with E-state index < -0.39 is 5.97 Å². The van der Waals surface area contributed by atoms with Crippen LogP contribution in [0.1, 0.15) is 41.2 Å². The maximum Gasteiger partial charge on any atom is 0.338 e. The molecule has 0 unspecified atom stereocenters. The van der Waals surface area contributed by atoms with Gasteiger partial charge in [-0.1, -0.05) is 53.7 Å². The van der Waals surface area contributed by atoms with Crippen LogP contribution in [0.5, 0.6) is 0 Å². The Morgan fingerprint density at radius 2 is 1.91 bits per heavy atom. The van der Waals surface area contributed by atoms with Gasteiger partial charge in [0.1, 0.15) is 5.82 Å². The van der Waals surface area contributed by atoms with Crippen LogP contribution in [-0.2, 0) is 27.6 Å². The van der Waals surface area contributed by atoms with Gasteiger partial charge in [-0.2, -0.15) is 0 Å². The van der Waals surface area contributed by atoms with E-state index in [1.165, 1.54) is 22.9 Å². The van der Waals surface area contributed by atoms with Crippen molar-refractivity contribution in [2.45, 2.75) is 50.1 Å². The number of carbonyl (C=O) groups excluding carboxylic acids is 2. The third-order valence-corrected chi connectivity index (χ3v) is 6.75. The molecule has 9 heteroatoms. The SMILES string of the molecule is C=CCn1c(CSCc2ccc(C)cc2)nnc1SCC(=O)Nc1cccc(C(=O)OC(C)C)c1. The van der Waals surface area contributed by atoms with E-state index in [9.17, 15) is 9.59 Å². The average Bonchev–Trinajstić information content (AvgIpc) is 3.20. The third kappa shape index (κ3) is 8.29. The topological polar surface area (TPSA) is 86.1 Å². The van der Waals surface area contributed by atoms with Crippen molar-refractivity contribution in [3.05, 3.63) is 83.7 Å². The number of anilines is 1. The lowest BCUT2D eigenvalue weighted by molar-refractivity contribution is -0.113. The molecule has 7 nitrogen and oxygen atoms in total. The van der Waals surface area contributed by atoms with Gasteiger partial charge in [-0.3, -0.25) is 4.79 Å². The van der Waals surface area contributed by atoms with Crippen LogP contribution in [0.4, 0.5) is 5.69 Å². The Hall–Kier alpha value is -3.04. The highest BCUT2D eigenvalue weighted by Crippen LogP contribution is 2.22. The number of nitrogens with zero attached hydrogens (tertiary/aromatic N) is 3. The van der Waals surface area contributed by atoms with Crippen molar-refractivity contribution in [2.24, 2.45) is 0 Å². The minimum absolute atomic E-state index is 0.159. The summed E-state index contributed by atoms with van der Waals surface area (Å²) in [7, 11) is 0. The first-order valence-corrected chi connectivity index (χ1v) is 13.4. The van der Waals surface area contributed by atoms with Gasteiger partial charge >= 0.3 is 5.97 Å². The predicted molar refractivity (Wildman–Crippen MR) is 143 cm³/mol. The molecule has 1 heterocycles. The standard InChI is InChI=1S/C26H30N4O3S2/c1-5-13-30-23(16-34-15-20-11-9-19(4)10-12-20)28-29-26(30)35-17-24(31)27-22-8-6-7-21(14-22)25(32)33-18(2)3/h5-12,14,18H,1,13,15-17H2,2-4H3,(H,27,31). The first-order valence-electron chi connectivity index (χ1n) is 11.3. The Morgan fingerprint density at radius 1 is 1.14 bits per heavy atom. The molecule has 2 aromatic carbocycles. The summed E-state index contributed by atoms with van der Waals surface area (Å²) in [4.78, 5) is 24.7. The summed E-state index contributed by atoms with van der Waals surface area (Å²) in [6, 6.07) is 15.2. The maximum atomic E-state index is 12.5. The lowest BCUT2D eigenvalue weighted by Gasteiger charge is -2.10. The molecule has 0 spiro atoms. The zero-order chi connectivity index (χ0) is 25.2. The van der Waals surface area contributed by atoms with Gasteiger partial charge in [0.25, 0.3) is 0 Å². The molecule has 0 radical (unpaired) electrons. The molecule has 184 valence electrons. The van der Waals surface area contributed by atoms with Crippen molar-refractivity contribution in [3.8, 4) is 0 Å². The average molecular weight is 511 g/mol. The number of aromatic nitrogens is 3. The molecule has 0 atom stereocenters. The zero-order valence-corrected chi connectivity index (χ0v) is 21.8. The van der Waals surface area contributed by atoms with Crippen molar-refractivity contribution in [1.29, 1.82) is 0 Å². The minimum atomic E-state index is -0.421. The van der Waals surface area contributed by atoms with Gasteiger partial charge in [-0.25, -0.2) is 4.79 Å². The summed E-state index contributed by atoms with van der Waals surface area (Å²) < 4.78 is 7.20. The number of thioether (sulfide) groups is 2. The fourth-order valence-corrected chi connectivity index (χ4v) is 4.82. The second-order valence-electron chi connectivity index (χ2n) is 8.15. The number of benzene rings is 2. The van der Waals surface area contributed by atoms with Crippen LogP contribution < -0.4 is 5.32 Å². The van der Waals surface area contributed by atoms with Crippen molar-refractivity contribution < 1.29 is 14.3 Å². The normalized spacial score (nSPS) is 10.9. The lowest BCUT2D eigenvalue weighted by atomic mass is 10.2. The van der Waals surface area contributed by atoms with Crippen LogP contribution in [-0.4, -0.2) is 38.5 Å². The summed E-state index contributed by atoms with van der Waals surface area (Å²) in [6.45, 7) is 10.1. The van der Waals surface area contributed by atoms with Crippen molar-refractivity contribution in [1.82, 2.24) is 14.8 Å². The molecule has 0 bridgehead atoms. The molecule has 0 saturated carbocycles. The Labute approximate surface area is 214 Å². The van der Waals surface area contributed by atoms with Crippen molar-refractivity contribution in [2.75, 3.05) is 11.1 Å². The molecule has 1 aromatic heterocycles. The molecule has 0 aliphatic heterocycles. The molecule has 0 saturated heterocycles. The summed E-state index contributed by atoms with van der Waals surface area (Å²) in [5.74, 6) is 1.98. The van der Waals surface area contributed by atoms with E-state index in [1.54, 1.807) is 56.0 Å². The number of aryl methyl sites for hydroxylation is 1. The van der Waals surface area contributed by atoms with E-state index in [4.69, 9.17) is 4.74 Å². The van der Waals surface area contributed by atoms with Gasteiger partial charge in [-0.15, -0.1) is 28.5 Å². The minimum Gasteiger partial charge on any atom is -0.459 e. The highest BCUT2D eigenvalue weighted by atomic mass is 32.2. The fourth-order valence-electron chi connectivity index (χ4n) is 3.12. The van der Waals surface area contributed by atoms with Gasteiger partial charge in [0.15, 0.2) is 5.16 Å². The highest BCUT2D eigenvalue weighted by molar-refractivity contribution is 7.99. The second-order valence-corrected chi connectivity index (χ2v) is 10.1. The highest BCUT2D eigenvalue weighted by Gasteiger charge is 2.15. The number of ether oxygens (including phenoxy) is 1. The largest absolute Gasteiger partial charge is 0.459 e. The molecule has 1 N–H and O–H groups in total. The Bertz CT molecular complexity index is 1160. The molecule has 0 aliphatic carbocycles. The zero-order valence-electron chi connectivity index (χ0n) is 20.2. The van der Waals surface area contributed by atoms with Crippen LogP contribution in [0.15, 0.2) is 66.3 Å². The van der Waals surface area contributed by atoms with Gasteiger partial charge in [-0.05, 0) is 44.5 Å². The molecular formula is C26H30N4O3S2. The number of esters is 1. The quantitative estimate of drug-likeness (QED) is 0.196. The first kappa shape index (κ1) is 26.6. The summed E-state index contributed by atoms with van der Waals surface area (Å²) in [5, 5.41) is 12.1. The monoisotopic (exact) mass is 510 g/mol. The van der Waals surface area contributed by atoms with Crippen molar-refractivity contribution in [3.63, 3.8) is 0 Å². The van der Waals surface area contributed by atoms with Crippen molar-refractivity contribution >= 4 is 41.1 Å². The van der Waals surface area contributed by atoms with E-state index in [2.05, 4.69) is 53.3 Å². The molecule has 0 fully saturated rings. The number of amides is 1. The van der Waals surface area contributed by atoms with Gasteiger partial charge in [0.05, 0.1) is 23.2 Å². The summed E-state index contributed by atoms with van der Waals surface area (Å²) in [6.07, 6.45) is 1.58. The van der Waals surface area contributed by atoms with Gasteiger partial charge in [0.2, 0.25) is 5.91 Å². The summed E-state index contributed by atoms with van der Waals surface area (Å²) in [5.41, 5.74) is 3.44. The number of carbonyl (C=O) groups is 2. The molecule has 0 aliphatic rings. The molecule has 1 amide bonds. The van der Waals surface area contributed by atoms with E-state index in [1.807, 2.05) is 4.57 Å². The molecular weight excluding hydrogens is 480 g/mol. The Kier molecular flexibility index (Phi) is 9.98. The van der Waals surface area contributed by atoms with Crippen LogP contribution in [0.3, 0.4) is 0 Å². The Balaban J connectivity index is 1.55. The maximum absolute atomic E-state index is 12.5. The molecule has 35 heavy (non-hydrogen) atoms. The van der Waals surface area contributed by atoms with Gasteiger partial charge in [0, 0.05) is 18.0 Å². The number of nitrogens with one attached hydrogen (secondary N) is 1. The fraction of sp³-hybridized carbons (Fsp3) is 0.308. The number of allylic oxidation sites excluding steroid dienone is 1. The first-order chi connectivity index (χ1) is 16.9. The van der Waals surface area contributed by atoms with E-state index in [0.717, 1.165) is 11.6 Å². The van der Waals surface area contributed by atoms with E-state index in [0.29, 0.717) is 28.7 Å². The van der Waals surface area contributed by atoms with Crippen LogP contribution in [0.25, 0.3) is 0 Å². The van der Waals surface area contributed by atoms with E-state index >= 15 is 0 Å². The number of hydrogen-bond donors (Lipinski definition) is 1. The van der Waals surface area contributed by atoms with Gasteiger partial charge < -0.3 is 14.6 Å². The second kappa shape index (κ2) is 13.2. The van der Waals surface area contributed by atoms with Crippen LogP contribution in [0, 0.1) is 6.92 Å². The number of hydrogen-bond acceptors (Lipinski definition) is 7. The lowest BCUT2D eigenvalue weighted by Crippen LogP contribution is -2.16. The molecule has 3 rings (SSSR count). The summed E-state index contributed by atoms with van der Waals surface area (Å²) >= 11 is 3.08. The van der Waals surface area contributed by atoms with Crippen LogP contribution >= 0.6 is 23.5 Å². The third-order valence-electron chi connectivity index (χ3n) is 4.78.